The molecule has 0 saturated heterocycles. The molecular formula is C25H32N4OS2. The van der Waals surface area contributed by atoms with Crippen molar-refractivity contribution >= 4 is 35.1 Å². The predicted octanol–water partition coefficient (Wildman–Crippen LogP) is 6.53. The topological polar surface area (TPSA) is 59.8 Å². The summed E-state index contributed by atoms with van der Waals surface area (Å²) in [5.41, 5.74) is 3.29. The monoisotopic (exact) mass is 468 g/mol. The molecule has 1 N–H and O–H groups in total. The third kappa shape index (κ3) is 6.17. The van der Waals surface area contributed by atoms with Crippen LogP contribution in [0.1, 0.15) is 57.0 Å². The normalized spacial score (nSPS) is 12.2. The van der Waals surface area contributed by atoms with Gasteiger partial charge in [-0.25, -0.2) is 0 Å². The van der Waals surface area contributed by atoms with Gasteiger partial charge >= 0.3 is 0 Å². The van der Waals surface area contributed by atoms with Crippen molar-refractivity contribution in [1.82, 2.24) is 14.8 Å². The molecular weight excluding hydrogens is 436 g/mol. The van der Waals surface area contributed by atoms with Crippen molar-refractivity contribution in [1.29, 1.82) is 0 Å². The molecule has 5 nitrogen and oxygen atoms in total. The number of nitrogens with zero attached hydrogens (tertiary/aromatic N) is 3. The van der Waals surface area contributed by atoms with Gasteiger partial charge in [0.2, 0.25) is 5.91 Å². The lowest BCUT2D eigenvalue weighted by atomic mass is 10.0. The molecule has 1 unspecified atom stereocenters. The Labute approximate surface area is 199 Å². The van der Waals surface area contributed by atoms with Crippen molar-refractivity contribution in [2.24, 2.45) is 0 Å². The van der Waals surface area contributed by atoms with Crippen molar-refractivity contribution in [3.63, 3.8) is 0 Å². The number of hydrogen-bond donors (Lipinski definition) is 1. The molecule has 0 bridgehead atoms. The van der Waals surface area contributed by atoms with Gasteiger partial charge in [-0.1, -0.05) is 68.4 Å². The minimum atomic E-state index is -0.234. The number of aryl methyl sites for hydroxylation is 1. The zero-order valence-electron chi connectivity index (χ0n) is 19.5. The Hall–Kier alpha value is -2.25. The van der Waals surface area contributed by atoms with E-state index in [0.717, 1.165) is 34.5 Å². The number of amides is 1. The van der Waals surface area contributed by atoms with Crippen LogP contribution >= 0.6 is 23.5 Å². The van der Waals surface area contributed by atoms with Crippen LogP contribution in [0.3, 0.4) is 0 Å². The molecule has 170 valence electrons. The third-order valence-corrected chi connectivity index (χ3v) is 7.60. The van der Waals surface area contributed by atoms with Crippen LogP contribution in [0, 0.1) is 6.92 Å². The molecule has 0 aliphatic heterocycles. The van der Waals surface area contributed by atoms with Gasteiger partial charge in [-0.2, -0.15) is 0 Å². The number of benzene rings is 2. The van der Waals surface area contributed by atoms with Gasteiger partial charge in [0.25, 0.3) is 0 Å². The lowest BCUT2D eigenvalue weighted by Gasteiger charge is -2.18. The van der Waals surface area contributed by atoms with Crippen LogP contribution < -0.4 is 5.32 Å². The van der Waals surface area contributed by atoms with E-state index >= 15 is 0 Å². The molecule has 2 aromatic carbocycles. The first-order valence-electron chi connectivity index (χ1n) is 11.1. The Bertz CT molecular complexity index is 1030. The Balaban J connectivity index is 1.69. The predicted molar refractivity (Wildman–Crippen MR) is 136 cm³/mol. The van der Waals surface area contributed by atoms with E-state index in [9.17, 15) is 4.79 Å². The third-order valence-electron chi connectivity index (χ3n) is 5.25. The molecule has 1 atom stereocenters. The van der Waals surface area contributed by atoms with Crippen LogP contribution in [0.15, 0.2) is 58.6 Å². The Morgan fingerprint density at radius 3 is 2.44 bits per heavy atom. The first-order chi connectivity index (χ1) is 15.4. The van der Waals surface area contributed by atoms with Crippen LogP contribution in [-0.2, 0) is 17.1 Å². The molecule has 0 aliphatic carbocycles. The van der Waals surface area contributed by atoms with E-state index in [1.807, 2.05) is 25.1 Å². The maximum Gasteiger partial charge on any atom is 0.237 e. The number of hydrogen-bond acceptors (Lipinski definition) is 5. The minimum Gasteiger partial charge on any atom is -0.325 e. The summed E-state index contributed by atoms with van der Waals surface area (Å²) in [7, 11) is 0. The molecule has 1 amide bonds. The Morgan fingerprint density at radius 1 is 1.06 bits per heavy atom. The molecule has 3 aromatic rings. The van der Waals surface area contributed by atoms with E-state index in [-0.39, 0.29) is 11.2 Å². The Morgan fingerprint density at radius 2 is 1.78 bits per heavy atom. The largest absolute Gasteiger partial charge is 0.325 e. The lowest BCUT2D eigenvalue weighted by molar-refractivity contribution is -0.115. The summed E-state index contributed by atoms with van der Waals surface area (Å²) in [6.07, 6.45) is 0.713. The molecule has 0 spiro atoms. The zero-order valence-corrected chi connectivity index (χ0v) is 21.1. The van der Waals surface area contributed by atoms with E-state index in [1.54, 1.807) is 11.8 Å². The lowest BCUT2D eigenvalue weighted by Crippen LogP contribution is -2.25. The van der Waals surface area contributed by atoms with Gasteiger partial charge in [-0.15, -0.1) is 22.0 Å². The van der Waals surface area contributed by atoms with Gasteiger partial charge < -0.3 is 9.88 Å². The Kier molecular flexibility index (Phi) is 8.82. The highest BCUT2D eigenvalue weighted by Gasteiger charge is 2.23. The second kappa shape index (κ2) is 11.6. The number of thioether (sulfide) groups is 2. The molecule has 0 saturated carbocycles. The highest BCUT2D eigenvalue weighted by Crippen LogP contribution is 2.30. The van der Waals surface area contributed by atoms with Crippen LogP contribution in [0.5, 0.6) is 0 Å². The standard InChI is InChI=1S/C25H32N4OS2/c1-6-22(24(30)26-21-11-9-8-10-20(21)17(3)4)32-25-28-27-23(29(25)7-2)16-31-19-14-12-18(5)13-15-19/h8-15,17,22H,6-7,16H2,1-5H3,(H,26,30). The average Bonchev–Trinajstić information content (AvgIpc) is 3.18. The summed E-state index contributed by atoms with van der Waals surface area (Å²) in [5.74, 6) is 2.03. The van der Waals surface area contributed by atoms with Gasteiger partial charge in [0.15, 0.2) is 5.16 Å². The van der Waals surface area contributed by atoms with E-state index < -0.39 is 0 Å². The van der Waals surface area contributed by atoms with Crippen LogP contribution in [0.25, 0.3) is 0 Å². The van der Waals surface area contributed by atoms with Crippen molar-refractivity contribution in [2.75, 3.05) is 5.32 Å². The van der Waals surface area contributed by atoms with Crippen LogP contribution in [0.4, 0.5) is 5.69 Å². The first-order valence-corrected chi connectivity index (χ1v) is 13.0. The average molecular weight is 469 g/mol. The molecule has 3 rings (SSSR count). The van der Waals surface area contributed by atoms with Gasteiger partial charge in [0, 0.05) is 17.1 Å². The van der Waals surface area contributed by atoms with E-state index in [2.05, 4.69) is 78.1 Å². The SMILES string of the molecule is CCC(Sc1nnc(CSc2ccc(C)cc2)n1CC)C(=O)Nc1ccccc1C(C)C. The fourth-order valence-electron chi connectivity index (χ4n) is 3.39. The maximum absolute atomic E-state index is 13.1. The number of para-hydroxylation sites is 1. The van der Waals surface area contributed by atoms with Crippen LogP contribution in [-0.4, -0.2) is 25.9 Å². The summed E-state index contributed by atoms with van der Waals surface area (Å²) in [4.78, 5) is 14.3. The molecule has 0 aliphatic rings. The second-order valence-electron chi connectivity index (χ2n) is 7.99. The number of carbonyl (C=O) groups is 1. The van der Waals surface area contributed by atoms with Gasteiger partial charge in [-0.05, 0) is 49.9 Å². The summed E-state index contributed by atoms with van der Waals surface area (Å²) < 4.78 is 2.11. The molecule has 0 fully saturated rings. The van der Waals surface area contributed by atoms with Crippen LogP contribution in [0.2, 0.25) is 0 Å². The number of rotatable bonds is 10. The molecule has 0 radical (unpaired) electrons. The smallest absolute Gasteiger partial charge is 0.237 e. The first kappa shape index (κ1) is 24.4. The van der Waals surface area contributed by atoms with E-state index in [0.29, 0.717) is 12.3 Å². The van der Waals surface area contributed by atoms with Crippen molar-refractivity contribution in [3.05, 3.63) is 65.5 Å². The van der Waals surface area contributed by atoms with E-state index in [1.165, 1.54) is 22.2 Å². The van der Waals surface area contributed by atoms with Crippen molar-refractivity contribution in [3.8, 4) is 0 Å². The summed E-state index contributed by atoms with van der Waals surface area (Å²) in [5, 5.41) is 12.5. The number of nitrogens with one attached hydrogen (secondary N) is 1. The molecule has 32 heavy (non-hydrogen) atoms. The van der Waals surface area contributed by atoms with Gasteiger partial charge in [0.05, 0.1) is 11.0 Å². The molecule has 1 aromatic heterocycles. The molecule has 7 heteroatoms. The number of carbonyl (C=O) groups excluding carboxylic acids is 1. The fourth-order valence-corrected chi connectivity index (χ4v) is 5.26. The maximum atomic E-state index is 13.1. The summed E-state index contributed by atoms with van der Waals surface area (Å²) in [6, 6.07) is 16.5. The second-order valence-corrected chi connectivity index (χ2v) is 10.2. The van der Waals surface area contributed by atoms with Gasteiger partial charge in [-0.3, -0.25) is 4.79 Å². The summed E-state index contributed by atoms with van der Waals surface area (Å²) >= 11 is 3.24. The van der Waals surface area contributed by atoms with Crippen molar-refractivity contribution < 1.29 is 4.79 Å². The zero-order chi connectivity index (χ0) is 23.1. The summed E-state index contributed by atoms with van der Waals surface area (Å²) in [6.45, 7) is 11.3. The number of aromatic nitrogens is 3. The van der Waals surface area contributed by atoms with Crippen molar-refractivity contribution in [2.45, 2.75) is 74.6 Å². The highest BCUT2D eigenvalue weighted by molar-refractivity contribution is 8.00. The van der Waals surface area contributed by atoms with E-state index in [4.69, 9.17) is 0 Å². The number of anilines is 1. The quantitative estimate of drug-likeness (QED) is 0.343. The fraction of sp³-hybridized carbons (Fsp3) is 0.400. The minimum absolute atomic E-state index is 0.00633. The highest BCUT2D eigenvalue weighted by atomic mass is 32.2. The van der Waals surface area contributed by atoms with Gasteiger partial charge in [0.1, 0.15) is 5.82 Å². The molecule has 1 heterocycles.